The van der Waals surface area contributed by atoms with Gasteiger partial charge >= 0.3 is 0 Å². The molecule has 6 nitrogen and oxygen atoms in total. The lowest BCUT2D eigenvalue weighted by atomic mass is 10.1. The number of ether oxygens (including phenoxy) is 1. The van der Waals surface area contributed by atoms with Crippen molar-refractivity contribution in [3.8, 4) is 0 Å². The summed E-state index contributed by atoms with van der Waals surface area (Å²) in [7, 11) is 5.49. The van der Waals surface area contributed by atoms with E-state index in [2.05, 4.69) is 5.32 Å². The number of benzene rings is 1. The average molecular weight is 376 g/mol. The van der Waals surface area contributed by atoms with E-state index < -0.39 is 0 Å². The van der Waals surface area contributed by atoms with Crippen LogP contribution in [-0.2, 0) is 20.9 Å². The van der Waals surface area contributed by atoms with Crippen LogP contribution in [0.25, 0.3) is 0 Å². The quantitative estimate of drug-likeness (QED) is 0.758. The number of nitrogens with zero attached hydrogens (tertiary/aromatic N) is 2. The first-order valence-corrected chi connectivity index (χ1v) is 9.73. The molecule has 6 heteroatoms. The molecule has 0 radical (unpaired) electrons. The van der Waals surface area contributed by atoms with Crippen molar-refractivity contribution < 1.29 is 14.3 Å². The first-order chi connectivity index (χ1) is 12.8. The zero-order chi connectivity index (χ0) is 20.0. The van der Waals surface area contributed by atoms with Crippen LogP contribution >= 0.6 is 0 Å². The average Bonchev–Trinajstić information content (AvgIpc) is 3.14. The van der Waals surface area contributed by atoms with Crippen molar-refractivity contribution in [2.75, 3.05) is 38.0 Å². The number of carbonyl (C=O) groups excluding carboxylic acids is 2. The summed E-state index contributed by atoms with van der Waals surface area (Å²) in [4.78, 5) is 28.7. The van der Waals surface area contributed by atoms with Crippen LogP contribution in [0.15, 0.2) is 18.2 Å². The number of methoxy groups -OCH3 is 1. The van der Waals surface area contributed by atoms with E-state index in [1.165, 1.54) is 7.11 Å². The van der Waals surface area contributed by atoms with Crippen molar-refractivity contribution in [2.45, 2.75) is 52.1 Å². The largest absolute Gasteiger partial charge is 0.377 e. The van der Waals surface area contributed by atoms with Crippen LogP contribution in [0.4, 0.5) is 11.4 Å². The summed E-state index contributed by atoms with van der Waals surface area (Å²) in [6.45, 7) is 4.53. The SMILES string of the molecule is COCC(=O)N(Cc1cc(NC(=O)C2CCCC2)ccc1N(C)C)C(C)C. The Kier molecular flexibility index (Phi) is 7.66. The lowest BCUT2D eigenvalue weighted by Crippen LogP contribution is -2.39. The Morgan fingerprint density at radius 2 is 1.89 bits per heavy atom. The Hall–Kier alpha value is -2.08. The Morgan fingerprint density at radius 1 is 1.22 bits per heavy atom. The van der Waals surface area contributed by atoms with Crippen LogP contribution in [0, 0.1) is 5.92 Å². The third kappa shape index (κ3) is 5.70. The zero-order valence-corrected chi connectivity index (χ0v) is 17.2. The first-order valence-electron chi connectivity index (χ1n) is 9.73. The van der Waals surface area contributed by atoms with Gasteiger partial charge in [0.15, 0.2) is 0 Å². The third-order valence-electron chi connectivity index (χ3n) is 5.11. The molecule has 0 atom stereocenters. The van der Waals surface area contributed by atoms with Crippen molar-refractivity contribution >= 4 is 23.2 Å². The molecular weight excluding hydrogens is 342 g/mol. The predicted octanol–water partition coefficient (Wildman–Crippen LogP) is 3.26. The number of amides is 2. The second kappa shape index (κ2) is 9.74. The Morgan fingerprint density at radius 3 is 2.44 bits per heavy atom. The molecule has 1 saturated carbocycles. The molecule has 1 aliphatic carbocycles. The maximum Gasteiger partial charge on any atom is 0.249 e. The van der Waals surface area contributed by atoms with E-state index in [1.807, 2.05) is 51.0 Å². The molecule has 0 unspecified atom stereocenters. The van der Waals surface area contributed by atoms with E-state index in [0.717, 1.165) is 42.6 Å². The molecule has 0 spiro atoms. The van der Waals surface area contributed by atoms with Crippen molar-refractivity contribution in [3.05, 3.63) is 23.8 Å². The highest BCUT2D eigenvalue weighted by molar-refractivity contribution is 5.93. The lowest BCUT2D eigenvalue weighted by molar-refractivity contribution is -0.137. The van der Waals surface area contributed by atoms with Gasteiger partial charge in [0, 0.05) is 51.1 Å². The fourth-order valence-corrected chi connectivity index (χ4v) is 3.61. The summed E-state index contributed by atoms with van der Waals surface area (Å²) in [5.41, 5.74) is 2.82. The Labute approximate surface area is 162 Å². The number of hydrogen-bond acceptors (Lipinski definition) is 4. The minimum absolute atomic E-state index is 0.0439. The minimum atomic E-state index is -0.0439. The van der Waals surface area contributed by atoms with Gasteiger partial charge in [0.25, 0.3) is 0 Å². The maximum atomic E-state index is 12.5. The monoisotopic (exact) mass is 375 g/mol. The van der Waals surface area contributed by atoms with Gasteiger partial charge in [-0.2, -0.15) is 0 Å². The molecule has 0 bridgehead atoms. The smallest absolute Gasteiger partial charge is 0.249 e. The number of nitrogens with one attached hydrogen (secondary N) is 1. The van der Waals surface area contributed by atoms with E-state index >= 15 is 0 Å². The van der Waals surface area contributed by atoms with Crippen LogP contribution in [0.3, 0.4) is 0 Å². The second-order valence-corrected chi connectivity index (χ2v) is 7.76. The number of anilines is 2. The lowest BCUT2D eigenvalue weighted by Gasteiger charge is -2.29. The van der Waals surface area contributed by atoms with Gasteiger partial charge in [0.2, 0.25) is 11.8 Å². The van der Waals surface area contributed by atoms with E-state index in [0.29, 0.717) is 6.54 Å². The van der Waals surface area contributed by atoms with E-state index in [1.54, 1.807) is 4.90 Å². The molecule has 1 aromatic carbocycles. The van der Waals surface area contributed by atoms with Crippen LogP contribution in [0.5, 0.6) is 0 Å². The van der Waals surface area contributed by atoms with Gasteiger partial charge in [0.05, 0.1) is 0 Å². The Balaban J connectivity index is 2.23. The molecule has 1 fully saturated rings. The van der Waals surface area contributed by atoms with Crippen molar-refractivity contribution in [1.82, 2.24) is 4.90 Å². The van der Waals surface area contributed by atoms with Crippen LogP contribution in [0.1, 0.15) is 45.1 Å². The summed E-state index contributed by atoms with van der Waals surface area (Å²) in [6.07, 6.45) is 4.21. The first kappa shape index (κ1) is 21.2. The zero-order valence-electron chi connectivity index (χ0n) is 17.2. The molecule has 0 aliphatic heterocycles. The molecule has 27 heavy (non-hydrogen) atoms. The maximum absolute atomic E-state index is 12.5. The summed E-state index contributed by atoms with van der Waals surface area (Å²) in [6, 6.07) is 5.97. The van der Waals surface area contributed by atoms with Crippen molar-refractivity contribution in [2.24, 2.45) is 5.92 Å². The third-order valence-corrected chi connectivity index (χ3v) is 5.11. The number of carbonyl (C=O) groups is 2. The summed E-state index contributed by atoms with van der Waals surface area (Å²) < 4.78 is 5.02. The number of hydrogen-bond donors (Lipinski definition) is 1. The van der Waals surface area contributed by atoms with Gasteiger partial charge in [-0.05, 0) is 50.5 Å². The van der Waals surface area contributed by atoms with Crippen LogP contribution in [-0.4, -0.2) is 50.6 Å². The minimum Gasteiger partial charge on any atom is -0.377 e. The van der Waals surface area contributed by atoms with Gasteiger partial charge in [0.1, 0.15) is 6.61 Å². The molecule has 0 saturated heterocycles. The Bertz CT molecular complexity index is 652. The summed E-state index contributed by atoms with van der Waals surface area (Å²) >= 11 is 0. The molecular formula is C21H33N3O3. The standard InChI is InChI=1S/C21H33N3O3/c1-15(2)24(20(25)14-27-5)13-17-12-18(10-11-19(17)23(3)4)22-21(26)16-8-6-7-9-16/h10-12,15-16H,6-9,13-14H2,1-5H3,(H,22,26). The van der Waals surface area contributed by atoms with E-state index in [-0.39, 0.29) is 30.4 Å². The molecule has 1 aromatic rings. The molecule has 1 aliphatic rings. The molecule has 2 amide bonds. The van der Waals surface area contributed by atoms with E-state index in [9.17, 15) is 9.59 Å². The second-order valence-electron chi connectivity index (χ2n) is 7.76. The van der Waals surface area contributed by atoms with Crippen LogP contribution in [0.2, 0.25) is 0 Å². The molecule has 0 heterocycles. The normalized spacial score (nSPS) is 14.4. The molecule has 2 rings (SSSR count). The van der Waals surface area contributed by atoms with Gasteiger partial charge in [-0.1, -0.05) is 12.8 Å². The van der Waals surface area contributed by atoms with Gasteiger partial charge < -0.3 is 19.9 Å². The highest BCUT2D eigenvalue weighted by atomic mass is 16.5. The van der Waals surface area contributed by atoms with Gasteiger partial charge in [-0.15, -0.1) is 0 Å². The summed E-state index contributed by atoms with van der Waals surface area (Å²) in [5, 5.41) is 3.06. The van der Waals surface area contributed by atoms with Crippen molar-refractivity contribution in [1.29, 1.82) is 0 Å². The summed E-state index contributed by atoms with van der Waals surface area (Å²) in [5.74, 6) is 0.183. The van der Waals surface area contributed by atoms with Crippen LogP contribution < -0.4 is 10.2 Å². The van der Waals surface area contributed by atoms with Crippen molar-refractivity contribution in [3.63, 3.8) is 0 Å². The number of rotatable bonds is 8. The van der Waals surface area contributed by atoms with Gasteiger partial charge in [-0.3, -0.25) is 9.59 Å². The fourth-order valence-electron chi connectivity index (χ4n) is 3.61. The van der Waals surface area contributed by atoms with E-state index in [4.69, 9.17) is 4.74 Å². The molecule has 150 valence electrons. The van der Waals surface area contributed by atoms with Gasteiger partial charge in [-0.25, -0.2) is 0 Å². The molecule has 0 aromatic heterocycles. The predicted molar refractivity (Wildman–Crippen MR) is 109 cm³/mol. The highest BCUT2D eigenvalue weighted by Crippen LogP contribution is 2.28. The fraction of sp³-hybridized carbons (Fsp3) is 0.619. The molecule has 1 N–H and O–H groups in total. The highest BCUT2D eigenvalue weighted by Gasteiger charge is 2.23. The topological polar surface area (TPSA) is 61.9 Å².